The summed E-state index contributed by atoms with van der Waals surface area (Å²) in [4.78, 5) is 33.6. The monoisotopic (exact) mass is 420 g/mol. The molecule has 0 saturated heterocycles. The van der Waals surface area contributed by atoms with Crippen molar-refractivity contribution in [2.24, 2.45) is 0 Å². The largest absolute Gasteiger partial charge is 0.345 e. The second kappa shape index (κ2) is 8.76. The van der Waals surface area contributed by atoms with Crippen LogP contribution in [0.2, 0.25) is 0 Å². The summed E-state index contributed by atoms with van der Waals surface area (Å²) in [5, 5.41) is 12.0. The maximum absolute atomic E-state index is 12.7. The van der Waals surface area contributed by atoms with Gasteiger partial charge in [0.15, 0.2) is 0 Å². The summed E-state index contributed by atoms with van der Waals surface area (Å²) in [6, 6.07) is 12.5. The zero-order valence-electron chi connectivity index (χ0n) is 15.2. The van der Waals surface area contributed by atoms with E-state index < -0.39 is 0 Å². The number of para-hydroxylation sites is 1. The van der Waals surface area contributed by atoms with Crippen LogP contribution in [0, 0.1) is 0 Å². The average Bonchev–Trinajstić information content (AvgIpc) is 3.45. The normalized spacial score (nSPS) is 10.5. The minimum absolute atomic E-state index is 0.242. The van der Waals surface area contributed by atoms with Crippen molar-refractivity contribution in [3.63, 3.8) is 0 Å². The van der Waals surface area contributed by atoms with Crippen LogP contribution in [0.3, 0.4) is 0 Å². The predicted octanol–water partition coefficient (Wildman–Crippen LogP) is 4.45. The van der Waals surface area contributed by atoms with Crippen molar-refractivity contribution in [2.75, 3.05) is 5.32 Å². The van der Waals surface area contributed by atoms with Gasteiger partial charge in [0.05, 0.1) is 29.1 Å². The third-order valence-electron chi connectivity index (χ3n) is 4.13. The van der Waals surface area contributed by atoms with Crippen LogP contribution in [-0.2, 0) is 6.54 Å². The Balaban J connectivity index is 1.43. The van der Waals surface area contributed by atoms with Gasteiger partial charge in [0.25, 0.3) is 11.8 Å². The fraction of sp³-hybridized carbons (Fsp3) is 0.0476. The van der Waals surface area contributed by atoms with Crippen LogP contribution in [0.1, 0.15) is 25.7 Å². The van der Waals surface area contributed by atoms with E-state index in [2.05, 4.69) is 20.6 Å². The zero-order valence-corrected chi connectivity index (χ0v) is 16.8. The first-order chi connectivity index (χ1) is 14.2. The summed E-state index contributed by atoms with van der Waals surface area (Å²) < 4.78 is 0. The van der Waals surface area contributed by atoms with Crippen molar-refractivity contribution in [2.45, 2.75) is 6.54 Å². The number of benzene rings is 1. The number of rotatable bonds is 6. The molecule has 0 atom stereocenters. The topological polar surface area (TPSA) is 84.0 Å². The Labute approximate surface area is 175 Å². The molecule has 0 radical (unpaired) electrons. The van der Waals surface area contributed by atoms with Crippen LogP contribution < -0.4 is 10.6 Å². The van der Waals surface area contributed by atoms with Crippen LogP contribution in [-0.4, -0.2) is 21.8 Å². The third-order valence-corrected chi connectivity index (χ3v) is 5.66. The Bertz CT molecular complexity index is 1120. The fourth-order valence-corrected chi connectivity index (χ4v) is 4.06. The lowest BCUT2D eigenvalue weighted by molar-refractivity contribution is 0.0951. The van der Waals surface area contributed by atoms with Crippen LogP contribution in [0.5, 0.6) is 0 Å². The molecule has 8 heteroatoms. The highest BCUT2D eigenvalue weighted by molar-refractivity contribution is 7.10. The van der Waals surface area contributed by atoms with Gasteiger partial charge in [0.2, 0.25) is 0 Å². The molecule has 4 rings (SSSR count). The molecule has 6 nitrogen and oxygen atoms in total. The van der Waals surface area contributed by atoms with Gasteiger partial charge in [-0.1, -0.05) is 12.1 Å². The molecule has 0 aliphatic carbocycles. The van der Waals surface area contributed by atoms with E-state index in [0.29, 0.717) is 23.4 Å². The summed E-state index contributed by atoms with van der Waals surface area (Å²) in [6.45, 7) is 0.307. The SMILES string of the molecule is O=C(Nc1ccccc1C(=O)NCc1nc(-c2ccncc2)cs1)c1ccsc1. The number of anilines is 1. The van der Waals surface area contributed by atoms with E-state index in [1.54, 1.807) is 48.1 Å². The summed E-state index contributed by atoms with van der Waals surface area (Å²) in [7, 11) is 0. The number of amides is 2. The lowest BCUT2D eigenvalue weighted by atomic mass is 10.1. The number of thiazole rings is 1. The van der Waals surface area contributed by atoms with E-state index in [9.17, 15) is 9.59 Å². The minimum atomic E-state index is -0.271. The summed E-state index contributed by atoms with van der Waals surface area (Å²) in [5.41, 5.74) is 3.27. The van der Waals surface area contributed by atoms with Crippen LogP contribution in [0.4, 0.5) is 5.69 Å². The maximum Gasteiger partial charge on any atom is 0.256 e. The van der Waals surface area contributed by atoms with E-state index >= 15 is 0 Å². The number of carbonyl (C=O) groups is 2. The summed E-state index contributed by atoms with van der Waals surface area (Å²) in [6.07, 6.45) is 3.44. The molecule has 3 aromatic heterocycles. The first-order valence-electron chi connectivity index (χ1n) is 8.76. The van der Waals surface area contributed by atoms with Crippen molar-refractivity contribution in [1.82, 2.24) is 15.3 Å². The Morgan fingerprint density at radius 3 is 2.59 bits per heavy atom. The highest BCUT2D eigenvalue weighted by Crippen LogP contribution is 2.21. The van der Waals surface area contributed by atoms with E-state index in [1.165, 1.54) is 22.7 Å². The van der Waals surface area contributed by atoms with Crippen molar-refractivity contribution in [1.29, 1.82) is 0 Å². The number of aromatic nitrogens is 2. The second-order valence-electron chi connectivity index (χ2n) is 6.06. The lowest BCUT2D eigenvalue weighted by Gasteiger charge is -2.10. The molecule has 2 amide bonds. The number of nitrogens with one attached hydrogen (secondary N) is 2. The molecule has 3 heterocycles. The van der Waals surface area contributed by atoms with Gasteiger partial charge in [0, 0.05) is 28.7 Å². The molecule has 1 aromatic carbocycles. The Morgan fingerprint density at radius 1 is 0.966 bits per heavy atom. The number of carbonyl (C=O) groups excluding carboxylic acids is 2. The average molecular weight is 421 g/mol. The highest BCUT2D eigenvalue weighted by atomic mass is 32.1. The smallest absolute Gasteiger partial charge is 0.256 e. The van der Waals surface area contributed by atoms with Crippen LogP contribution >= 0.6 is 22.7 Å². The Hall–Kier alpha value is -3.36. The highest BCUT2D eigenvalue weighted by Gasteiger charge is 2.15. The van der Waals surface area contributed by atoms with Gasteiger partial charge in [-0.25, -0.2) is 4.98 Å². The molecule has 2 N–H and O–H groups in total. The van der Waals surface area contributed by atoms with Gasteiger partial charge < -0.3 is 10.6 Å². The van der Waals surface area contributed by atoms with Gasteiger partial charge in [-0.05, 0) is 35.7 Å². The maximum atomic E-state index is 12.7. The molecule has 0 unspecified atom stereocenters. The molecule has 0 saturated carbocycles. The van der Waals surface area contributed by atoms with E-state index in [-0.39, 0.29) is 11.8 Å². The standard InChI is InChI=1S/C21H16N4O2S2/c26-20(15-7-10-28-12-15)25-17-4-2-1-3-16(17)21(27)23-11-19-24-18(13-29-19)14-5-8-22-9-6-14/h1-10,12-13H,11H2,(H,23,27)(H,25,26). The molecule has 0 aliphatic heterocycles. The quantitative estimate of drug-likeness (QED) is 0.483. The van der Waals surface area contributed by atoms with Gasteiger partial charge in [-0.3, -0.25) is 14.6 Å². The number of thiophene rings is 1. The minimum Gasteiger partial charge on any atom is -0.345 e. The van der Waals surface area contributed by atoms with Gasteiger partial charge >= 0.3 is 0 Å². The molecule has 4 aromatic rings. The van der Waals surface area contributed by atoms with Gasteiger partial charge in [-0.2, -0.15) is 11.3 Å². The molecular weight excluding hydrogens is 404 g/mol. The van der Waals surface area contributed by atoms with E-state index in [1.807, 2.05) is 22.9 Å². The number of pyridine rings is 1. The molecule has 144 valence electrons. The first-order valence-corrected chi connectivity index (χ1v) is 10.6. The second-order valence-corrected chi connectivity index (χ2v) is 7.78. The van der Waals surface area contributed by atoms with Crippen molar-refractivity contribution >= 4 is 40.2 Å². The van der Waals surface area contributed by atoms with Crippen molar-refractivity contribution in [3.05, 3.63) is 87.1 Å². The molecule has 0 fully saturated rings. The zero-order chi connectivity index (χ0) is 20.1. The van der Waals surface area contributed by atoms with E-state index in [0.717, 1.165) is 16.3 Å². The third kappa shape index (κ3) is 4.56. The molecular formula is C21H16N4O2S2. The number of hydrogen-bond acceptors (Lipinski definition) is 6. The predicted molar refractivity (Wildman–Crippen MR) is 115 cm³/mol. The summed E-state index contributed by atoms with van der Waals surface area (Å²) >= 11 is 2.93. The molecule has 0 spiro atoms. The van der Waals surface area contributed by atoms with Gasteiger partial charge in [0.1, 0.15) is 5.01 Å². The number of nitrogens with zero attached hydrogens (tertiary/aromatic N) is 2. The molecule has 0 bridgehead atoms. The van der Waals surface area contributed by atoms with Crippen LogP contribution in [0.25, 0.3) is 11.3 Å². The van der Waals surface area contributed by atoms with Gasteiger partial charge in [-0.15, -0.1) is 11.3 Å². The summed E-state index contributed by atoms with van der Waals surface area (Å²) in [5.74, 6) is -0.514. The number of hydrogen-bond donors (Lipinski definition) is 2. The molecule has 0 aliphatic rings. The van der Waals surface area contributed by atoms with Crippen molar-refractivity contribution < 1.29 is 9.59 Å². The van der Waals surface area contributed by atoms with Crippen LogP contribution in [0.15, 0.2) is 71.0 Å². The first kappa shape index (κ1) is 19.0. The molecule has 29 heavy (non-hydrogen) atoms. The fourth-order valence-electron chi connectivity index (χ4n) is 2.68. The Kier molecular flexibility index (Phi) is 5.73. The van der Waals surface area contributed by atoms with Crippen molar-refractivity contribution in [3.8, 4) is 11.3 Å². The lowest BCUT2D eigenvalue weighted by Crippen LogP contribution is -2.24. The Morgan fingerprint density at radius 2 is 1.79 bits per heavy atom. The van der Waals surface area contributed by atoms with E-state index in [4.69, 9.17) is 0 Å².